The van der Waals surface area contributed by atoms with Crippen LogP contribution in [0.25, 0.3) is 0 Å². The summed E-state index contributed by atoms with van der Waals surface area (Å²) in [4.78, 5) is 24.6. The largest absolute Gasteiger partial charge is 0.498 e. The Morgan fingerprint density at radius 1 is 1.16 bits per heavy atom. The Hall–Kier alpha value is -1.67. The van der Waals surface area contributed by atoms with E-state index in [0.29, 0.717) is 19.0 Å². The zero-order valence-electron chi connectivity index (χ0n) is 15.9. The van der Waals surface area contributed by atoms with Crippen LogP contribution in [-0.4, -0.2) is 64.8 Å². The molecule has 2 aliphatic heterocycles. The molecule has 25 heavy (non-hydrogen) atoms. The van der Waals surface area contributed by atoms with Crippen molar-refractivity contribution in [3.63, 3.8) is 0 Å². The molecule has 0 bridgehead atoms. The molecule has 2 aliphatic rings. The molecular weight excluding hydrogens is 319 g/mol. The highest BCUT2D eigenvalue weighted by Gasteiger charge is 2.52. The third-order valence-corrected chi connectivity index (χ3v) is 5.51. The third-order valence-electron chi connectivity index (χ3n) is 5.51. The van der Waals surface area contributed by atoms with Crippen LogP contribution in [0, 0.1) is 0 Å². The lowest BCUT2D eigenvalue weighted by Crippen LogP contribution is -2.54. The maximum atomic E-state index is 11.5. The van der Waals surface area contributed by atoms with Crippen LogP contribution < -0.4 is 10.4 Å². The first-order valence-electron chi connectivity index (χ1n) is 8.80. The average molecular weight is 346 g/mol. The molecule has 3 rings (SSSR count). The van der Waals surface area contributed by atoms with E-state index in [1.807, 2.05) is 32.6 Å². The fraction of sp³-hybridized carbons (Fsp3) is 0.706. The van der Waals surface area contributed by atoms with Gasteiger partial charge in [0.05, 0.1) is 11.2 Å². The van der Waals surface area contributed by atoms with E-state index in [1.165, 1.54) is 0 Å². The summed E-state index contributed by atoms with van der Waals surface area (Å²) in [7, 11) is -0.453. The van der Waals surface area contributed by atoms with Crippen LogP contribution in [0.15, 0.2) is 12.4 Å². The van der Waals surface area contributed by atoms with Gasteiger partial charge in [0.25, 0.3) is 0 Å². The highest BCUT2D eigenvalue weighted by Crippen LogP contribution is 2.36. The lowest BCUT2D eigenvalue weighted by molar-refractivity contribution is -0.129. The first-order valence-corrected chi connectivity index (χ1v) is 8.80. The molecule has 8 heteroatoms. The van der Waals surface area contributed by atoms with E-state index in [4.69, 9.17) is 9.31 Å². The topological polar surface area (TPSA) is 67.8 Å². The SMILES string of the molecule is CC(=O)N1CCN(c2ncc(B3OC(C)(C)C(C)(C)O3)cn2)[C@H](C)C1. The second-order valence-electron chi connectivity index (χ2n) is 7.91. The minimum Gasteiger partial charge on any atom is -0.399 e. The van der Waals surface area contributed by atoms with Crippen molar-refractivity contribution in [1.29, 1.82) is 0 Å². The van der Waals surface area contributed by atoms with Crippen molar-refractivity contribution >= 4 is 24.4 Å². The zero-order chi connectivity index (χ0) is 18.4. The zero-order valence-corrected chi connectivity index (χ0v) is 15.9. The predicted molar refractivity (Wildman–Crippen MR) is 96.8 cm³/mol. The highest BCUT2D eigenvalue weighted by atomic mass is 16.7. The quantitative estimate of drug-likeness (QED) is 0.739. The maximum Gasteiger partial charge on any atom is 0.498 e. The number of hydrogen-bond acceptors (Lipinski definition) is 6. The van der Waals surface area contributed by atoms with Gasteiger partial charge in [0, 0.05) is 50.5 Å². The number of rotatable bonds is 2. The summed E-state index contributed by atoms with van der Waals surface area (Å²) in [5, 5.41) is 0. The van der Waals surface area contributed by atoms with E-state index in [1.54, 1.807) is 19.3 Å². The Labute approximate surface area is 149 Å². The van der Waals surface area contributed by atoms with E-state index in [-0.39, 0.29) is 23.2 Å². The van der Waals surface area contributed by atoms with Gasteiger partial charge < -0.3 is 19.1 Å². The first kappa shape index (κ1) is 18.1. The molecule has 0 aliphatic carbocycles. The van der Waals surface area contributed by atoms with Gasteiger partial charge in [-0.15, -0.1) is 0 Å². The second-order valence-corrected chi connectivity index (χ2v) is 7.91. The molecule has 0 N–H and O–H groups in total. The number of carbonyl (C=O) groups excluding carboxylic acids is 1. The minimum atomic E-state index is -0.453. The molecule has 2 fully saturated rings. The van der Waals surface area contributed by atoms with Gasteiger partial charge in [0.2, 0.25) is 11.9 Å². The van der Waals surface area contributed by atoms with E-state index in [9.17, 15) is 4.79 Å². The van der Waals surface area contributed by atoms with Gasteiger partial charge in [-0.3, -0.25) is 4.79 Å². The molecule has 0 radical (unpaired) electrons. The highest BCUT2D eigenvalue weighted by molar-refractivity contribution is 6.61. The summed E-state index contributed by atoms with van der Waals surface area (Å²) >= 11 is 0. The monoisotopic (exact) mass is 346 g/mol. The summed E-state index contributed by atoms with van der Waals surface area (Å²) in [6, 6.07) is 0.181. The van der Waals surface area contributed by atoms with E-state index >= 15 is 0 Å². The van der Waals surface area contributed by atoms with Crippen LogP contribution in [-0.2, 0) is 14.1 Å². The Balaban J connectivity index is 1.70. The molecule has 1 aromatic heterocycles. The molecule has 136 valence electrons. The molecule has 2 saturated heterocycles. The molecule has 0 spiro atoms. The minimum absolute atomic E-state index is 0.114. The molecule has 0 aromatic carbocycles. The number of nitrogens with zero attached hydrogens (tertiary/aromatic N) is 4. The average Bonchev–Trinajstić information content (AvgIpc) is 2.75. The van der Waals surface area contributed by atoms with Crippen LogP contribution in [0.3, 0.4) is 0 Å². The Morgan fingerprint density at radius 3 is 2.20 bits per heavy atom. The van der Waals surface area contributed by atoms with Gasteiger partial charge in [0.15, 0.2) is 0 Å². The number of piperazine rings is 1. The first-order chi connectivity index (χ1) is 11.6. The van der Waals surface area contributed by atoms with Crippen LogP contribution in [0.1, 0.15) is 41.5 Å². The van der Waals surface area contributed by atoms with Crippen molar-refractivity contribution in [3.05, 3.63) is 12.4 Å². The molecular formula is C17H27BN4O3. The number of carbonyl (C=O) groups is 1. The standard InChI is InChI=1S/C17H27BN4O3/c1-12-11-21(13(2)23)7-8-22(12)15-19-9-14(10-20-15)18-24-16(3,4)17(5,6)25-18/h9-10,12H,7-8,11H2,1-6H3/t12-/m1/s1. The normalized spacial score (nSPS) is 25.4. The number of anilines is 1. The van der Waals surface area contributed by atoms with Crippen LogP contribution >= 0.6 is 0 Å². The van der Waals surface area contributed by atoms with Crippen LogP contribution in [0.4, 0.5) is 5.95 Å². The Bertz CT molecular complexity index is 634. The lowest BCUT2D eigenvalue weighted by Gasteiger charge is -2.39. The number of hydrogen-bond donors (Lipinski definition) is 0. The van der Waals surface area contributed by atoms with Gasteiger partial charge >= 0.3 is 7.12 Å². The third kappa shape index (κ3) is 3.37. The number of aromatic nitrogens is 2. The molecule has 3 heterocycles. The van der Waals surface area contributed by atoms with Gasteiger partial charge in [0.1, 0.15) is 0 Å². The van der Waals surface area contributed by atoms with Gasteiger partial charge in [-0.1, -0.05) is 0 Å². The fourth-order valence-corrected chi connectivity index (χ4v) is 3.12. The molecule has 1 atom stereocenters. The summed E-state index contributed by atoms with van der Waals surface area (Å²) in [6.07, 6.45) is 3.54. The number of amides is 1. The van der Waals surface area contributed by atoms with Crippen molar-refractivity contribution < 1.29 is 14.1 Å². The summed E-state index contributed by atoms with van der Waals surface area (Å²) in [6.45, 7) is 13.9. The molecule has 0 saturated carbocycles. The van der Waals surface area contributed by atoms with Crippen molar-refractivity contribution in [3.8, 4) is 0 Å². The van der Waals surface area contributed by atoms with Crippen molar-refractivity contribution in [2.75, 3.05) is 24.5 Å². The molecule has 0 unspecified atom stereocenters. The van der Waals surface area contributed by atoms with Gasteiger partial charge in [-0.2, -0.15) is 0 Å². The summed E-state index contributed by atoms with van der Waals surface area (Å²) in [5.41, 5.74) is 0.0549. The smallest absolute Gasteiger partial charge is 0.399 e. The van der Waals surface area contributed by atoms with E-state index in [2.05, 4.69) is 21.8 Å². The van der Waals surface area contributed by atoms with Gasteiger partial charge in [-0.05, 0) is 34.6 Å². The van der Waals surface area contributed by atoms with Crippen molar-refractivity contribution in [1.82, 2.24) is 14.9 Å². The van der Waals surface area contributed by atoms with Crippen molar-refractivity contribution in [2.45, 2.75) is 58.8 Å². The predicted octanol–water partition coefficient (Wildman–Crippen LogP) is 0.833. The summed E-state index contributed by atoms with van der Waals surface area (Å²) in [5.74, 6) is 0.791. The fourth-order valence-electron chi connectivity index (χ4n) is 3.12. The lowest BCUT2D eigenvalue weighted by atomic mass is 9.81. The Morgan fingerprint density at radius 2 is 1.72 bits per heavy atom. The summed E-state index contributed by atoms with van der Waals surface area (Å²) < 4.78 is 12.1. The second kappa shape index (κ2) is 6.25. The van der Waals surface area contributed by atoms with E-state index < -0.39 is 7.12 Å². The Kier molecular flexibility index (Phi) is 4.53. The van der Waals surface area contributed by atoms with Gasteiger partial charge in [-0.25, -0.2) is 9.97 Å². The van der Waals surface area contributed by atoms with Crippen LogP contribution in [0.2, 0.25) is 0 Å². The molecule has 1 amide bonds. The molecule has 7 nitrogen and oxygen atoms in total. The van der Waals surface area contributed by atoms with Crippen LogP contribution in [0.5, 0.6) is 0 Å². The molecule has 1 aromatic rings. The van der Waals surface area contributed by atoms with Crippen molar-refractivity contribution in [2.24, 2.45) is 0 Å². The maximum absolute atomic E-state index is 11.5. The van der Waals surface area contributed by atoms with E-state index in [0.717, 1.165) is 12.0 Å².